The van der Waals surface area contributed by atoms with Crippen molar-refractivity contribution in [3.8, 4) is 0 Å². The van der Waals surface area contributed by atoms with Crippen molar-refractivity contribution in [2.24, 2.45) is 0 Å². The summed E-state index contributed by atoms with van der Waals surface area (Å²) in [5, 5.41) is 0. The third-order valence-corrected chi connectivity index (χ3v) is 4.50. The molecule has 0 N–H and O–H groups in total. The SMILES string of the molecule is CCC1OC(N2CCCCC2)=C(c2cccc(C(F)(F)F)c2)C1=O. The van der Waals surface area contributed by atoms with E-state index < -0.39 is 17.8 Å². The van der Waals surface area contributed by atoms with Crippen LogP contribution < -0.4 is 0 Å². The Balaban J connectivity index is 2.04. The second kappa shape index (κ2) is 6.49. The number of carbonyl (C=O) groups is 1. The molecule has 1 saturated heterocycles. The highest BCUT2D eigenvalue weighted by atomic mass is 19.4. The van der Waals surface area contributed by atoms with Crippen LogP contribution in [0.25, 0.3) is 5.57 Å². The normalized spacial score (nSPS) is 22.1. The molecule has 1 atom stereocenters. The standard InChI is InChI=1S/C18H20F3NO2/c1-2-14-16(23)15(17(24-14)22-9-4-3-5-10-22)12-7-6-8-13(11-12)18(19,20)21/h6-8,11,14H,2-5,9-10H2,1H3. The molecule has 0 saturated carbocycles. The Morgan fingerprint density at radius 2 is 1.92 bits per heavy atom. The van der Waals surface area contributed by atoms with E-state index in [1.165, 1.54) is 6.07 Å². The van der Waals surface area contributed by atoms with Gasteiger partial charge in [-0.3, -0.25) is 4.79 Å². The number of benzene rings is 1. The van der Waals surface area contributed by atoms with Crippen LogP contribution in [-0.2, 0) is 15.7 Å². The maximum atomic E-state index is 13.0. The molecule has 3 nitrogen and oxygen atoms in total. The number of halogens is 3. The summed E-state index contributed by atoms with van der Waals surface area (Å²) in [5.41, 5.74) is -0.181. The fourth-order valence-corrected chi connectivity index (χ4v) is 3.23. The van der Waals surface area contributed by atoms with Gasteiger partial charge in [0.15, 0.2) is 6.10 Å². The summed E-state index contributed by atoms with van der Waals surface area (Å²) < 4.78 is 44.8. The highest BCUT2D eigenvalue weighted by Crippen LogP contribution is 2.37. The van der Waals surface area contributed by atoms with Crippen molar-refractivity contribution in [2.45, 2.75) is 44.9 Å². The molecule has 0 aliphatic carbocycles. The average molecular weight is 339 g/mol. The van der Waals surface area contributed by atoms with E-state index in [0.29, 0.717) is 12.3 Å². The maximum absolute atomic E-state index is 13.0. The summed E-state index contributed by atoms with van der Waals surface area (Å²) in [4.78, 5) is 14.7. The average Bonchev–Trinajstić information content (AvgIpc) is 2.91. The fourth-order valence-electron chi connectivity index (χ4n) is 3.23. The van der Waals surface area contributed by atoms with Gasteiger partial charge in [0.1, 0.15) is 0 Å². The highest BCUT2D eigenvalue weighted by Gasteiger charge is 2.38. The van der Waals surface area contributed by atoms with Gasteiger partial charge in [-0.25, -0.2) is 0 Å². The first-order valence-electron chi connectivity index (χ1n) is 8.29. The number of hydrogen-bond acceptors (Lipinski definition) is 3. The van der Waals surface area contributed by atoms with Gasteiger partial charge < -0.3 is 9.64 Å². The Hall–Kier alpha value is -1.98. The van der Waals surface area contributed by atoms with E-state index in [4.69, 9.17) is 4.74 Å². The van der Waals surface area contributed by atoms with Crippen LogP contribution in [0.2, 0.25) is 0 Å². The molecule has 24 heavy (non-hydrogen) atoms. The van der Waals surface area contributed by atoms with Crippen molar-refractivity contribution in [1.29, 1.82) is 0 Å². The van der Waals surface area contributed by atoms with E-state index in [1.807, 2.05) is 11.8 Å². The monoisotopic (exact) mass is 339 g/mol. The Labute approximate surface area is 139 Å². The Kier molecular flexibility index (Phi) is 4.56. The molecule has 0 aromatic heterocycles. The zero-order valence-electron chi connectivity index (χ0n) is 13.5. The molecule has 1 aromatic carbocycles. The number of nitrogens with zero attached hydrogens (tertiary/aromatic N) is 1. The number of hydrogen-bond donors (Lipinski definition) is 0. The quantitative estimate of drug-likeness (QED) is 0.825. The number of likely N-dealkylation sites (tertiary alicyclic amines) is 1. The number of ether oxygens (including phenoxy) is 1. The Morgan fingerprint density at radius 1 is 1.21 bits per heavy atom. The summed E-state index contributed by atoms with van der Waals surface area (Å²) in [5.74, 6) is 0.225. The molecule has 0 bridgehead atoms. The molecule has 0 radical (unpaired) electrons. The van der Waals surface area contributed by atoms with E-state index in [2.05, 4.69) is 0 Å². The van der Waals surface area contributed by atoms with E-state index in [9.17, 15) is 18.0 Å². The lowest BCUT2D eigenvalue weighted by atomic mass is 9.97. The zero-order valence-corrected chi connectivity index (χ0v) is 13.5. The molecule has 130 valence electrons. The van der Waals surface area contributed by atoms with Gasteiger partial charge in [-0.05, 0) is 43.4 Å². The van der Waals surface area contributed by atoms with Gasteiger partial charge in [-0.2, -0.15) is 13.2 Å². The third kappa shape index (κ3) is 3.14. The first kappa shape index (κ1) is 16.9. The first-order valence-corrected chi connectivity index (χ1v) is 8.29. The van der Waals surface area contributed by atoms with Gasteiger partial charge in [0.25, 0.3) is 0 Å². The number of carbonyl (C=O) groups excluding carboxylic acids is 1. The number of ketones is 1. The van der Waals surface area contributed by atoms with Crippen molar-refractivity contribution < 1.29 is 22.7 Å². The smallest absolute Gasteiger partial charge is 0.416 e. The highest BCUT2D eigenvalue weighted by molar-refractivity contribution is 6.25. The molecule has 0 spiro atoms. The van der Waals surface area contributed by atoms with Gasteiger partial charge in [-0.15, -0.1) is 0 Å². The number of Topliss-reactive ketones (excluding diaryl/α,β-unsaturated/α-hetero) is 1. The van der Waals surface area contributed by atoms with Crippen LogP contribution in [0.5, 0.6) is 0 Å². The summed E-state index contributed by atoms with van der Waals surface area (Å²) in [7, 11) is 0. The van der Waals surface area contributed by atoms with Crippen LogP contribution in [0, 0.1) is 0 Å². The van der Waals surface area contributed by atoms with E-state index >= 15 is 0 Å². The molecule has 1 fully saturated rings. The van der Waals surface area contributed by atoms with Crippen molar-refractivity contribution in [3.63, 3.8) is 0 Å². The number of alkyl halides is 3. The summed E-state index contributed by atoms with van der Waals surface area (Å²) in [6.07, 6.45) is -1.44. The summed E-state index contributed by atoms with van der Waals surface area (Å²) in [6, 6.07) is 4.94. The lowest BCUT2D eigenvalue weighted by molar-refractivity contribution is -0.137. The zero-order chi connectivity index (χ0) is 17.3. The lowest BCUT2D eigenvalue weighted by Crippen LogP contribution is -2.30. The van der Waals surface area contributed by atoms with Crippen LogP contribution in [0.15, 0.2) is 30.1 Å². The van der Waals surface area contributed by atoms with Crippen LogP contribution in [-0.4, -0.2) is 29.9 Å². The number of rotatable bonds is 3. The van der Waals surface area contributed by atoms with E-state index in [1.54, 1.807) is 6.07 Å². The molecular formula is C18H20F3NO2. The molecule has 3 rings (SSSR count). The van der Waals surface area contributed by atoms with E-state index in [-0.39, 0.29) is 16.9 Å². The van der Waals surface area contributed by atoms with Crippen molar-refractivity contribution in [2.75, 3.05) is 13.1 Å². The molecule has 2 aliphatic rings. The molecule has 2 aliphatic heterocycles. The van der Waals surface area contributed by atoms with Crippen LogP contribution in [0.4, 0.5) is 13.2 Å². The van der Waals surface area contributed by atoms with Gasteiger partial charge >= 0.3 is 6.18 Å². The second-order valence-corrected chi connectivity index (χ2v) is 6.19. The van der Waals surface area contributed by atoms with Gasteiger partial charge in [0.2, 0.25) is 11.7 Å². The second-order valence-electron chi connectivity index (χ2n) is 6.19. The van der Waals surface area contributed by atoms with E-state index in [0.717, 1.165) is 44.5 Å². The van der Waals surface area contributed by atoms with Crippen LogP contribution in [0.1, 0.15) is 43.7 Å². The van der Waals surface area contributed by atoms with Gasteiger partial charge in [0, 0.05) is 13.1 Å². The first-order chi connectivity index (χ1) is 11.4. The Morgan fingerprint density at radius 3 is 2.54 bits per heavy atom. The minimum atomic E-state index is -4.44. The minimum Gasteiger partial charge on any atom is -0.467 e. The molecule has 1 aromatic rings. The van der Waals surface area contributed by atoms with Crippen molar-refractivity contribution >= 4 is 11.4 Å². The van der Waals surface area contributed by atoms with Crippen LogP contribution >= 0.6 is 0 Å². The minimum absolute atomic E-state index is 0.225. The predicted molar refractivity (Wildman–Crippen MR) is 84.0 cm³/mol. The summed E-state index contributed by atoms with van der Waals surface area (Å²) >= 11 is 0. The van der Waals surface area contributed by atoms with Gasteiger partial charge in [-0.1, -0.05) is 19.1 Å². The Bertz CT molecular complexity index is 660. The van der Waals surface area contributed by atoms with Crippen LogP contribution in [0.3, 0.4) is 0 Å². The number of piperidine rings is 1. The molecule has 6 heteroatoms. The topological polar surface area (TPSA) is 29.5 Å². The third-order valence-electron chi connectivity index (χ3n) is 4.50. The fraction of sp³-hybridized carbons (Fsp3) is 0.500. The van der Waals surface area contributed by atoms with Crippen molar-refractivity contribution in [3.05, 3.63) is 41.3 Å². The molecular weight excluding hydrogens is 319 g/mol. The molecule has 1 unspecified atom stereocenters. The molecule has 2 heterocycles. The van der Waals surface area contributed by atoms with Gasteiger partial charge in [0.05, 0.1) is 11.1 Å². The summed E-state index contributed by atoms with van der Waals surface area (Å²) in [6.45, 7) is 3.37. The van der Waals surface area contributed by atoms with Crippen molar-refractivity contribution in [1.82, 2.24) is 4.90 Å². The largest absolute Gasteiger partial charge is 0.467 e. The molecule has 0 amide bonds. The predicted octanol–water partition coefficient (Wildman–Crippen LogP) is 4.24. The lowest BCUT2D eigenvalue weighted by Gasteiger charge is -2.29. The maximum Gasteiger partial charge on any atom is 0.416 e.